The molecule has 0 spiro atoms. The molecule has 0 aliphatic carbocycles. The molecule has 0 atom stereocenters. The topological polar surface area (TPSA) is 57.8 Å². The van der Waals surface area contributed by atoms with Gasteiger partial charge < -0.3 is 10.3 Å². The van der Waals surface area contributed by atoms with Crippen molar-refractivity contribution >= 4 is 49.7 Å². The molecule has 0 fully saturated rings. The number of rotatable bonds is 4. The molecular weight excluding hydrogens is 390 g/mol. The van der Waals surface area contributed by atoms with Gasteiger partial charge in [-0.25, -0.2) is 0 Å². The molecule has 0 unspecified atom stereocenters. The maximum absolute atomic E-state index is 12.1. The summed E-state index contributed by atoms with van der Waals surface area (Å²) in [6.45, 7) is 0.367. The van der Waals surface area contributed by atoms with E-state index in [0.717, 1.165) is 37.5 Å². The van der Waals surface area contributed by atoms with Gasteiger partial charge in [0, 0.05) is 33.0 Å². The number of benzene rings is 2. The highest BCUT2D eigenvalue weighted by Gasteiger charge is 2.09. The predicted molar refractivity (Wildman–Crippen MR) is 109 cm³/mol. The lowest BCUT2D eigenvalue weighted by Gasteiger charge is -2.03. The fourth-order valence-electron chi connectivity index (χ4n) is 2.98. The fourth-order valence-corrected chi connectivity index (χ4v) is 3.39. The number of aromatic nitrogens is 2. The van der Waals surface area contributed by atoms with E-state index in [1.807, 2.05) is 48.5 Å². The molecule has 0 aliphatic heterocycles. The van der Waals surface area contributed by atoms with Crippen LogP contribution in [0.3, 0.4) is 0 Å². The molecule has 4 rings (SSSR count). The van der Waals surface area contributed by atoms with Gasteiger partial charge in [-0.05, 0) is 35.9 Å². The SMILES string of the molecule is O=C(/C=C/c1cccc(Br)c1)NCc1nccc2c1[nH]c1ccccc12. The molecule has 4 nitrogen and oxygen atoms in total. The number of hydrogen-bond acceptors (Lipinski definition) is 2. The molecule has 4 aromatic rings. The van der Waals surface area contributed by atoms with Crippen LogP contribution in [-0.2, 0) is 11.3 Å². The molecule has 0 aliphatic rings. The van der Waals surface area contributed by atoms with Crippen molar-refractivity contribution in [2.24, 2.45) is 0 Å². The molecule has 5 heteroatoms. The first-order valence-corrected chi connectivity index (χ1v) is 9.06. The number of nitrogens with zero attached hydrogens (tertiary/aromatic N) is 1. The first-order chi connectivity index (χ1) is 12.7. The Bertz CT molecular complexity index is 1130. The summed E-state index contributed by atoms with van der Waals surface area (Å²) < 4.78 is 0.981. The van der Waals surface area contributed by atoms with Crippen molar-refractivity contribution in [3.05, 3.63) is 82.6 Å². The monoisotopic (exact) mass is 405 g/mol. The molecule has 2 heterocycles. The maximum Gasteiger partial charge on any atom is 0.244 e. The van der Waals surface area contributed by atoms with Crippen molar-refractivity contribution in [2.75, 3.05) is 0 Å². The summed E-state index contributed by atoms with van der Waals surface area (Å²) in [6.07, 6.45) is 5.10. The fraction of sp³-hybridized carbons (Fsp3) is 0.0476. The second-order valence-corrected chi connectivity index (χ2v) is 6.87. The van der Waals surface area contributed by atoms with E-state index in [-0.39, 0.29) is 5.91 Å². The van der Waals surface area contributed by atoms with Gasteiger partial charge in [0.25, 0.3) is 0 Å². The normalized spacial score (nSPS) is 11.4. The molecule has 2 aromatic heterocycles. The third-order valence-electron chi connectivity index (χ3n) is 4.21. The van der Waals surface area contributed by atoms with E-state index in [9.17, 15) is 4.79 Å². The molecule has 2 aromatic carbocycles. The van der Waals surface area contributed by atoms with Crippen LogP contribution in [0.4, 0.5) is 0 Å². The maximum atomic E-state index is 12.1. The van der Waals surface area contributed by atoms with Crippen LogP contribution in [-0.4, -0.2) is 15.9 Å². The number of fused-ring (bicyclic) bond motifs is 3. The molecule has 0 saturated carbocycles. The Kier molecular flexibility index (Phi) is 4.54. The number of H-pyrrole nitrogens is 1. The van der Waals surface area contributed by atoms with Gasteiger partial charge in [0.15, 0.2) is 0 Å². The van der Waals surface area contributed by atoms with E-state index >= 15 is 0 Å². The number of aromatic amines is 1. The van der Waals surface area contributed by atoms with Gasteiger partial charge in [0.1, 0.15) is 0 Å². The van der Waals surface area contributed by atoms with Crippen molar-refractivity contribution in [1.82, 2.24) is 15.3 Å². The lowest BCUT2D eigenvalue weighted by atomic mass is 10.1. The van der Waals surface area contributed by atoms with E-state index in [1.54, 1.807) is 12.3 Å². The second kappa shape index (κ2) is 7.14. The second-order valence-electron chi connectivity index (χ2n) is 5.96. The van der Waals surface area contributed by atoms with Gasteiger partial charge in [-0.1, -0.05) is 46.3 Å². The molecule has 1 amide bonds. The summed E-state index contributed by atoms with van der Waals surface area (Å²) in [5, 5.41) is 5.17. The van der Waals surface area contributed by atoms with E-state index in [4.69, 9.17) is 0 Å². The Labute approximate surface area is 159 Å². The van der Waals surface area contributed by atoms with Crippen molar-refractivity contribution in [2.45, 2.75) is 6.54 Å². The third-order valence-corrected chi connectivity index (χ3v) is 4.71. The number of nitrogens with one attached hydrogen (secondary N) is 2. The van der Waals surface area contributed by atoms with Gasteiger partial charge in [-0.3, -0.25) is 9.78 Å². The van der Waals surface area contributed by atoms with Crippen LogP contribution < -0.4 is 5.32 Å². The zero-order valence-electron chi connectivity index (χ0n) is 13.9. The standard InChI is InChI=1S/C21H16BrN3O/c22-15-5-3-4-14(12-15)8-9-20(26)24-13-19-21-17(10-11-23-19)16-6-1-2-7-18(16)25-21/h1-12,25H,13H2,(H,24,26)/b9-8+. The Morgan fingerprint density at radius 3 is 2.88 bits per heavy atom. The van der Waals surface area contributed by atoms with E-state index in [0.29, 0.717) is 6.54 Å². The number of amides is 1. The van der Waals surface area contributed by atoms with Crippen molar-refractivity contribution < 1.29 is 4.79 Å². The quantitative estimate of drug-likeness (QED) is 0.478. The Balaban J connectivity index is 1.52. The highest BCUT2D eigenvalue weighted by Crippen LogP contribution is 2.26. The van der Waals surface area contributed by atoms with Crippen LogP contribution >= 0.6 is 15.9 Å². The Morgan fingerprint density at radius 2 is 2.00 bits per heavy atom. The van der Waals surface area contributed by atoms with Gasteiger partial charge in [-0.2, -0.15) is 0 Å². The average molecular weight is 406 g/mol. The van der Waals surface area contributed by atoms with Crippen LogP contribution in [0.15, 0.2) is 71.3 Å². The minimum atomic E-state index is -0.153. The number of halogens is 1. The lowest BCUT2D eigenvalue weighted by molar-refractivity contribution is -0.116. The molecular formula is C21H16BrN3O. The van der Waals surface area contributed by atoms with Crippen molar-refractivity contribution in [3.63, 3.8) is 0 Å². The summed E-state index contributed by atoms with van der Waals surface area (Å²) >= 11 is 3.42. The summed E-state index contributed by atoms with van der Waals surface area (Å²) in [4.78, 5) is 20.0. The number of hydrogen-bond donors (Lipinski definition) is 2. The van der Waals surface area contributed by atoms with E-state index < -0.39 is 0 Å². The minimum Gasteiger partial charge on any atom is -0.353 e. The van der Waals surface area contributed by atoms with Crippen molar-refractivity contribution in [1.29, 1.82) is 0 Å². The first-order valence-electron chi connectivity index (χ1n) is 8.26. The average Bonchev–Trinajstić information content (AvgIpc) is 3.04. The van der Waals surface area contributed by atoms with Crippen LogP contribution in [0.2, 0.25) is 0 Å². The van der Waals surface area contributed by atoms with Gasteiger partial charge in [0.05, 0.1) is 17.8 Å². The number of carbonyl (C=O) groups is 1. The number of para-hydroxylation sites is 1. The van der Waals surface area contributed by atoms with Gasteiger partial charge in [0.2, 0.25) is 5.91 Å². The molecule has 0 radical (unpaired) electrons. The zero-order chi connectivity index (χ0) is 17.9. The lowest BCUT2D eigenvalue weighted by Crippen LogP contribution is -2.21. The van der Waals surface area contributed by atoms with Crippen LogP contribution in [0.25, 0.3) is 27.9 Å². The van der Waals surface area contributed by atoms with Crippen molar-refractivity contribution in [3.8, 4) is 0 Å². The van der Waals surface area contributed by atoms with Gasteiger partial charge >= 0.3 is 0 Å². The van der Waals surface area contributed by atoms with Crippen LogP contribution in [0, 0.1) is 0 Å². The minimum absolute atomic E-state index is 0.153. The van der Waals surface area contributed by atoms with E-state index in [2.05, 4.69) is 37.3 Å². The smallest absolute Gasteiger partial charge is 0.244 e. The number of carbonyl (C=O) groups excluding carboxylic acids is 1. The third kappa shape index (κ3) is 3.39. The summed E-state index contributed by atoms with van der Waals surface area (Å²) in [7, 11) is 0. The molecule has 2 N–H and O–H groups in total. The predicted octanol–water partition coefficient (Wildman–Crippen LogP) is 4.81. The molecule has 0 bridgehead atoms. The Hall–Kier alpha value is -2.92. The highest BCUT2D eigenvalue weighted by molar-refractivity contribution is 9.10. The zero-order valence-corrected chi connectivity index (χ0v) is 15.5. The Morgan fingerprint density at radius 1 is 1.12 bits per heavy atom. The largest absolute Gasteiger partial charge is 0.353 e. The van der Waals surface area contributed by atoms with Crippen LogP contribution in [0.1, 0.15) is 11.3 Å². The first kappa shape index (κ1) is 16.5. The molecule has 128 valence electrons. The molecule has 0 saturated heterocycles. The highest BCUT2D eigenvalue weighted by atomic mass is 79.9. The summed E-state index contributed by atoms with van der Waals surface area (Å²) in [5.74, 6) is -0.153. The summed E-state index contributed by atoms with van der Waals surface area (Å²) in [6, 6.07) is 17.9. The number of pyridine rings is 1. The summed E-state index contributed by atoms with van der Waals surface area (Å²) in [5.41, 5.74) is 3.82. The van der Waals surface area contributed by atoms with E-state index in [1.165, 1.54) is 6.08 Å². The van der Waals surface area contributed by atoms with Crippen LogP contribution in [0.5, 0.6) is 0 Å². The molecule has 26 heavy (non-hydrogen) atoms. The van der Waals surface area contributed by atoms with Gasteiger partial charge in [-0.15, -0.1) is 0 Å².